The van der Waals surface area contributed by atoms with E-state index >= 15 is 0 Å². The van der Waals surface area contributed by atoms with Crippen LogP contribution in [0.3, 0.4) is 0 Å². The number of hydrogen-bond donors (Lipinski definition) is 2. The molecule has 0 aliphatic carbocycles. The van der Waals surface area contributed by atoms with Crippen molar-refractivity contribution in [2.45, 2.75) is 32.4 Å². The fourth-order valence-electron chi connectivity index (χ4n) is 2.63. The Kier molecular flexibility index (Phi) is 4.10. The lowest BCUT2D eigenvalue weighted by Crippen LogP contribution is -2.25. The van der Waals surface area contributed by atoms with Gasteiger partial charge >= 0.3 is 0 Å². The summed E-state index contributed by atoms with van der Waals surface area (Å²) in [5.41, 5.74) is 2.95. The van der Waals surface area contributed by atoms with E-state index in [0.717, 1.165) is 24.2 Å². The van der Waals surface area contributed by atoms with Crippen molar-refractivity contribution in [1.29, 1.82) is 0 Å². The average Bonchev–Trinajstić information content (AvgIpc) is 2.70. The van der Waals surface area contributed by atoms with Crippen LogP contribution in [0.2, 0.25) is 0 Å². The predicted octanol–water partition coefficient (Wildman–Crippen LogP) is 1.86. The average molecular weight is 261 g/mol. The summed E-state index contributed by atoms with van der Waals surface area (Å²) in [6.45, 7) is 5.36. The van der Waals surface area contributed by atoms with E-state index in [2.05, 4.69) is 29.5 Å². The van der Waals surface area contributed by atoms with Gasteiger partial charge in [-0.1, -0.05) is 0 Å². The first-order chi connectivity index (χ1) is 9.01. The molecule has 1 aromatic carbocycles. The number of benzene rings is 1. The monoisotopic (exact) mass is 261 g/mol. The molecule has 2 atom stereocenters. The van der Waals surface area contributed by atoms with E-state index < -0.39 is 0 Å². The second kappa shape index (κ2) is 5.61. The number of likely N-dealkylation sites (N-methyl/N-ethyl adjacent to an activating group) is 1. The maximum atomic E-state index is 11.6. The zero-order valence-corrected chi connectivity index (χ0v) is 12.2. The Morgan fingerprint density at radius 1 is 1.42 bits per heavy atom. The van der Waals surface area contributed by atoms with Crippen molar-refractivity contribution in [2.75, 3.05) is 26.0 Å². The minimum Gasteiger partial charge on any atom is -0.381 e. The third-order valence-electron chi connectivity index (χ3n) is 3.96. The Labute approximate surface area is 115 Å². The summed E-state index contributed by atoms with van der Waals surface area (Å²) in [6.07, 6.45) is 1.16. The van der Waals surface area contributed by atoms with Crippen LogP contribution in [-0.4, -0.2) is 43.5 Å². The number of likely N-dealkylation sites (tertiary alicyclic amines) is 1. The smallest absolute Gasteiger partial charge is 0.251 e. The van der Waals surface area contributed by atoms with Crippen LogP contribution in [0.5, 0.6) is 0 Å². The van der Waals surface area contributed by atoms with Crippen LogP contribution >= 0.6 is 0 Å². The molecule has 19 heavy (non-hydrogen) atoms. The third kappa shape index (κ3) is 3.07. The number of anilines is 1. The number of carbonyl (C=O) groups is 1. The lowest BCUT2D eigenvalue weighted by molar-refractivity contribution is 0.0963. The molecule has 2 N–H and O–H groups in total. The van der Waals surface area contributed by atoms with Crippen LogP contribution < -0.4 is 10.6 Å². The van der Waals surface area contributed by atoms with Crippen molar-refractivity contribution in [3.05, 3.63) is 29.3 Å². The number of rotatable bonds is 3. The normalized spacial score (nSPS) is 23.4. The van der Waals surface area contributed by atoms with E-state index in [0.29, 0.717) is 17.6 Å². The summed E-state index contributed by atoms with van der Waals surface area (Å²) in [5.74, 6) is -0.0381. The van der Waals surface area contributed by atoms with Crippen LogP contribution in [0, 0.1) is 6.92 Å². The van der Waals surface area contributed by atoms with Gasteiger partial charge in [0.25, 0.3) is 5.91 Å². The first kappa shape index (κ1) is 13.9. The molecule has 1 amide bonds. The molecule has 2 unspecified atom stereocenters. The van der Waals surface area contributed by atoms with E-state index in [4.69, 9.17) is 0 Å². The van der Waals surface area contributed by atoms with Crippen LogP contribution in [-0.2, 0) is 0 Å². The van der Waals surface area contributed by atoms with Gasteiger partial charge in [-0.2, -0.15) is 0 Å². The Hall–Kier alpha value is -1.55. The molecule has 0 spiro atoms. The summed E-state index contributed by atoms with van der Waals surface area (Å²) in [5, 5.41) is 6.23. The second-order valence-electron chi connectivity index (χ2n) is 5.47. The molecule has 0 radical (unpaired) electrons. The van der Waals surface area contributed by atoms with Gasteiger partial charge in [0.15, 0.2) is 0 Å². The number of nitrogens with one attached hydrogen (secondary N) is 2. The number of nitrogens with zero attached hydrogens (tertiary/aromatic N) is 1. The van der Waals surface area contributed by atoms with Gasteiger partial charge in [0.05, 0.1) is 0 Å². The van der Waals surface area contributed by atoms with Crippen molar-refractivity contribution < 1.29 is 4.79 Å². The summed E-state index contributed by atoms with van der Waals surface area (Å²) in [6, 6.07) is 6.93. The molecule has 1 aliphatic rings. The van der Waals surface area contributed by atoms with Gasteiger partial charge in [0.2, 0.25) is 0 Å². The van der Waals surface area contributed by atoms with E-state index in [1.165, 1.54) is 0 Å². The fraction of sp³-hybridized carbons (Fsp3) is 0.533. The minimum atomic E-state index is -0.0381. The van der Waals surface area contributed by atoms with Crippen molar-refractivity contribution in [1.82, 2.24) is 10.2 Å². The summed E-state index contributed by atoms with van der Waals surface area (Å²) < 4.78 is 0. The van der Waals surface area contributed by atoms with Gasteiger partial charge in [-0.25, -0.2) is 0 Å². The van der Waals surface area contributed by atoms with Crippen molar-refractivity contribution in [2.24, 2.45) is 0 Å². The molecule has 1 fully saturated rings. The molecular formula is C15H23N3O. The summed E-state index contributed by atoms with van der Waals surface area (Å²) in [7, 11) is 3.81. The zero-order valence-electron chi connectivity index (χ0n) is 12.2. The number of aryl methyl sites for hydroxylation is 1. The fourth-order valence-corrected chi connectivity index (χ4v) is 2.63. The molecule has 4 heteroatoms. The molecule has 0 saturated carbocycles. The standard InChI is InChI=1S/C15H23N3O/c1-10-7-12(15(19)16-3)5-6-14(10)17-13-8-11(2)18(4)9-13/h5-7,11,13,17H,8-9H2,1-4H3,(H,16,19). The maximum absolute atomic E-state index is 11.6. The number of hydrogen-bond acceptors (Lipinski definition) is 3. The first-order valence-electron chi connectivity index (χ1n) is 6.80. The molecule has 1 saturated heterocycles. The van der Waals surface area contributed by atoms with E-state index in [1.807, 2.05) is 25.1 Å². The van der Waals surface area contributed by atoms with Crippen molar-refractivity contribution in [3.8, 4) is 0 Å². The quantitative estimate of drug-likeness (QED) is 0.873. The summed E-state index contributed by atoms with van der Waals surface area (Å²) >= 11 is 0. The number of carbonyl (C=O) groups excluding carboxylic acids is 1. The molecular weight excluding hydrogens is 238 g/mol. The lowest BCUT2D eigenvalue weighted by Gasteiger charge is -2.16. The van der Waals surface area contributed by atoms with Crippen LogP contribution in [0.25, 0.3) is 0 Å². The SMILES string of the molecule is CNC(=O)c1ccc(NC2CC(C)N(C)C2)c(C)c1. The van der Waals surface area contributed by atoms with Crippen molar-refractivity contribution >= 4 is 11.6 Å². The molecule has 1 aliphatic heterocycles. The summed E-state index contributed by atoms with van der Waals surface area (Å²) in [4.78, 5) is 13.9. The Balaban J connectivity index is 2.08. The van der Waals surface area contributed by atoms with E-state index in [-0.39, 0.29) is 5.91 Å². The Morgan fingerprint density at radius 2 is 2.16 bits per heavy atom. The number of amides is 1. The molecule has 0 bridgehead atoms. The van der Waals surface area contributed by atoms with E-state index in [9.17, 15) is 4.79 Å². The van der Waals surface area contributed by atoms with Gasteiger partial charge in [-0.3, -0.25) is 4.79 Å². The van der Waals surface area contributed by atoms with Gasteiger partial charge in [-0.15, -0.1) is 0 Å². The van der Waals surface area contributed by atoms with Crippen LogP contribution in [0.15, 0.2) is 18.2 Å². The first-order valence-corrected chi connectivity index (χ1v) is 6.80. The molecule has 1 aromatic rings. The Bertz CT molecular complexity index is 462. The molecule has 4 nitrogen and oxygen atoms in total. The van der Waals surface area contributed by atoms with Crippen LogP contribution in [0.1, 0.15) is 29.3 Å². The second-order valence-corrected chi connectivity index (χ2v) is 5.47. The van der Waals surface area contributed by atoms with E-state index in [1.54, 1.807) is 7.05 Å². The topological polar surface area (TPSA) is 44.4 Å². The van der Waals surface area contributed by atoms with Gasteiger partial charge in [-0.05, 0) is 51.1 Å². The zero-order chi connectivity index (χ0) is 14.0. The predicted molar refractivity (Wildman–Crippen MR) is 78.7 cm³/mol. The Morgan fingerprint density at radius 3 is 2.68 bits per heavy atom. The maximum Gasteiger partial charge on any atom is 0.251 e. The van der Waals surface area contributed by atoms with Crippen molar-refractivity contribution in [3.63, 3.8) is 0 Å². The molecule has 1 heterocycles. The lowest BCUT2D eigenvalue weighted by atomic mass is 10.1. The molecule has 2 rings (SSSR count). The molecule has 104 valence electrons. The highest BCUT2D eigenvalue weighted by molar-refractivity contribution is 5.94. The van der Waals surface area contributed by atoms with Crippen LogP contribution in [0.4, 0.5) is 5.69 Å². The van der Waals surface area contributed by atoms with Gasteiger partial charge in [0, 0.05) is 36.9 Å². The highest BCUT2D eigenvalue weighted by atomic mass is 16.1. The van der Waals surface area contributed by atoms with Gasteiger partial charge < -0.3 is 15.5 Å². The highest BCUT2D eigenvalue weighted by Gasteiger charge is 2.26. The highest BCUT2D eigenvalue weighted by Crippen LogP contribution is 2.22. The third-order valence-corrected chi connectivity index (χ3v) is 3.96. The largest absolute Gasteiger partial charge is 0.381 e. The molecule has 0 aromatic heterocycles. The van der Waals surface area contributed by atoms with Gasteiger partial charge in [0.1, 0.15) is 0 Å². The minimum absolute atomic E-state index is 0.0381.